The summed E-state index contributed by atoms with van der Waals surface area (Å²) in [4.78, 5) is 31.1. The van der Waals surface area contributed by atoms with Crippen LogP contribution in [0.15, 0.2) is 53.3 Å². The van der Waals surface area contributed by atoms with Gasteiger partial charge in [0.1, 0.15) is 0 Å². The highest BCUT2D eigenvalue weighted by Crippen LogP contribution is 2.26. The molecule has 0 saturated heterocycles. The molecule has 0 unspecified atom stereocenters. The van der Waals surface area contributed by atoms with Gasteiger partial charge < -0.3 is 9.88 Å². The quantitative estimate of drug-likeness (QED) is 0.674. The maximum absolute atomic E-state index is 13.4. The molecular formula is C25H28N2O2. The molecule has 0 radical (unpaired) electrons. The average Bonchev–Trinajstić information content (AvgIpc) is 2.73. The number of carbonyl (C=O) groups is 1. The van der Waals surface area contributed by atoms with Crippen LogP contribution in [0.25, 0.3) is 10.9 Å². The van der Waals surface area contributed by atoms with Gasteiger partial charge >= 0.3 is 0 Å². The summed E-state index contributed by atoms with van der Waals surface area (Å²) in [5.41, 5.74) is 4.34. The van der Waals surface area contributed by atoms with Gasteiger partial charge in [-0.3, -0.25) is 9.59 Å². The van der Waals surface area contributed by atoms with Gasteiger partial charge in [0, 0.05) is 22.7 Å². The average molecular weight is 389 g/mol. The summed E-state index contributed by atoms with van der Waals surface area (Å²) in [7, 11) is 0. The van der Waals surface area contributed by atoms with Crippen molar-refractivity contribution in [3.63, 3.8) is 0 Å². The second kappa shape index (κ2) is 8.24. The van der Waals surface area contributed by atoms with Crippen LogP contribution in [-0.2, 0) is 6.54 Å². The molecule has 150 valence electrons. The molecule has 0 bridgehead atoms. The topological polar surface area (TPSA) is 53.2 Å². The van der Waals surface area contributed by atoms with Crippen LogP contribution >= 0.6 is 0 Å². The van der Waals surface area contributed by atoms with E-state index in [1.807, 2.05) is 61.2 Å². The molecule has 0 spiro atoms. The number of nitrogens with one attached hydrogen (secondary N) is 1. The summed E-state index contributed by atoms with van der Waals surface area (Å²) in [6.07, 6.45) is 5.49. The molecule has 1 N–H and O–H groups in total. The highest BCUT2D eigenvalue weighted by atomic mass is 16.2. The Labute approximate surface area is 171 Å². The minimum absolute atomic E-state index is 0.0145. The molecule has 1 aliphatic carbocycles. The van der Waals surface area contributed by atoms with Gasteiger partial charge in [-0.2, -0.15) is 0 Å². The summed E-state index contributed by atoms with van der Waals surface area (Å²) in [6, 6.07) is 15.9. The number of fused-ring (bicyclic) bond motifs is 1. The zero-order valence-electron chi connectivity index (χ0n) is 17.2. The summed E-state index contributed by atoms with van der Waals surface area (Å²) in [5, 5.41) is 1.01. The summed E-state index contributed by atoms with van der Waals surface area (Å²) < 4.78 is 0. The van der Waals surface area contributed by atoms with E-state index in [1.165, 1.54) is 6.42 Å². The number of rotatable bonds is 4. The fourth-order valence-electron chi connectivity index (χ4n) is 4.29. The van der Waals surface area contributed by atoms with Crippen molar-refractivity contribution >= 4 is 16.8 Å². The van der Waals surface area contributed by atoms with Crippen molar-refractivity contribution in [3.8, 4) is 0 Å². The van der Waals surface area contributed by atoms with Gasteiger partial charge in [-0.05, 0) is 62.4 Å². The minimum atomic E-state index is -0.112. The third kappa shape index (κ3) is 4.26. The maximum Gasteiger partial charge on any atom is 0.254 e. The van der Waals surface area contributed by atoms with Gasteiger partial charge in [0.2, 0.25) is 0 Å². The first-order chi connectivity index (χ1) is 14.0. The van der Waals surface area contributed by atoms with E-state index >= 15 is 0 Å². The van der Waals surface area contributed by atoms with Crippen LogP contribution in [0.2, 0.25) is 0 Å². The number of nitrogens with zero attached hydrogens (tertiary/aromatic N) is 1. The first-order valence-electron chi connectivity index (χ1n) is 10.5. The predicted octanol–water partition coefficient (Wildman–Crippen LogP) is 5.12. The van der Waals surface area contributed by atoms with Crippen molar-refractivity contribution in [2.75, 3.05) is 0 Å². The third-order valence-corrected chi connectivity index (χ3v) is 5.99. The Morgan fingerprint density at radius 1 is 0.966 bits per heavy atom. The van der Waals surface area contributed by atoms with E-state index < -0.39 is 0 Å². The zero-order valence-corrected chi connectivity index (χ0v) is 17.2. The molecule has 1 fully saturated rings. The Kier molecular flexibility index (Phi) is 5.52. The molecule has 3 aromatic rings. The van der Waals surface area contributed by atoms with E-state index in [1.54, 1.807) is 0 Å². The van der Waals surface area contributed by atoms with Crippen LogP contribution in [0.1, 0.15) is 59.2 Å². The van der Waals surface area contributed by atoms with Crippen LogP contribution < -0.4 is 5.56 Å². The Balaban J connectivity index is 1.70. The van der Waals surface area contributed by atoms with E-state index in [9.17, 15) is 9.59 Å². The normalized spacial score (nSPS) is 14.8. The number of amides is 1. The lowest BCUT2D eigenvalue weighted by Crippen LogP contribution is -2.42. The van der Waals surface area contributed by atoms with Gasteiger partial charge in [-0.15, -0.1) is 0 Å². The molecule has 1 amide bonds. The van der Waals surface area contributed by atoms with Crippen LogP contribution in [0.3, 0.4) is 0 Å². The molecule has 4 heteroatoms. The smallest absolute Gasteiger partial charge is 0.254 e. The molecule has 1 heterocycles. The van der Waals surface area contributed by atoms with E-state index in [2.05, 4.69) is 11.1 Å². The Morgan fingerprint density at radius 2 is 1.66 bits per heavy atom. The Morgan fingerprint density at radius 3 is 2.38 bits per heavy atom. The summed E-state index contributed by atoms with van der Waals surface area (Å²) >= 11 is 0. The summed E-state index contributed by atoms with van der Waals surface area (Å²) in [6.45, 7) is 4.40. The van der Waals surface area contributed by atoms with Crippen LogP contribution in [-0.4, -0.2) is 21.8 Å². The number of carbonyl (C=O) groups excluding carboxylic acids is 1. The molecule has 4 nitrogen and oxygen atoms in total. The van der Waals surface area contributed by atoms with Crippen molar-refractivity contribution < 1.29 is 4.79 Å². The number of hydrogen-bond acceptors (Lipinski definition) is 2. The lowest BCUT2D eigenvalue weighted by Gasteiger charge is -2.34. The largest absolute Gasteiger partial charge is 0.331 e. The Hall–Kier alpha value is -2.88. The van der Waals surface area contributed by atoms with Crippen LogP contribution in [0.5, 0.6) is 0 Å². The second-order valence-electron chi connectivity index (χ2n) is 8.31. The lowest BCUT2D eigenvalue weighted by atomic mass is 9.93. The number of hydrogen-bond donors (Lipinski definition) is 1. The number of aryl methyl sites for hydroxylation is 2. The molecule has 1 aliphatic rings. The van der Waals surface area contributed by atoms with Gasteiger partial charge in [-0.25, -0.2) is 0 Å². The lowest BCUT2D eigenvalue weighted by molar-refractivity contribution is 0.0613. The van der Waals surface area contributed by atoms with E-state index in [4.69, 9.17) is 0 Å². The van der Waals surface area contributed by atoms with E-state index in [-0.39, 0.29) is 17.5 Å². The molecule has 1 aromatic heterocycles. The minimum Gasteiger partial charge on any atom is -0.331 e. The monoisotopic (exact) mass is 388 g/mol. The van der Waals surface area contributed by atoms with Crippen molar-refractivity contribution in [2.24, 2.45) is 0 Å². The molecule has 2 aromatic carbocycles. The second-order valence-corrected chi connectivity index (χ2v) is 8.31. The molecule has 0 aliphatic heterocycles. The number of aromatic nitrogens is 1. The molecule has 29 heavy (non-hydrogen) atoms. The standard InChI is InChI=1S/C25H28N2O2/c1-17-8-11-19(12-9-17)25(29)27(22-6-4-3-5-7-22)16-21-15-20-14-18(2)10-13-23(20)26-24(21)28/h8-15,22H,3-7,16H2,1-2H3,(H,26,28). The van der Waals surface area contributed by atoms with Crippen LogP contribution in [0.4, 0.5) is 0 Å². The van der Waals surface area contributed by atoms with E-state index in [0.29, 0.717) is 17.7 Å². The molecule has 1 saturated carbocycles. The van der Waals surface area contributed by atoms with Crippen molar-refractivity contribution in [3.05, 3.63) is 81.1 Å². The van der Waals surface area contributed by atoms with E-state index in [0.717, 1.165) is 47.7 Å². The third-order valence-electron chi connectivity index (χ3n) is 5.99. The summed E-state index contributed by atoms with van der Waals surface area (Å²) in [5.74, 6) is 0.0145. The predicted molar refractivity (Wildman–Crippen MR) is 117 cm³/mol. The maximum atomic E-state index is 13.4. The highest BCUT2D eigenvalue weighted by Gasteiger charge is 2.27. The molecule has 4 rings (SSSR count). The zero-order chi connectivity index (χ0) is 20.4. The number of pyridine rings is 1. The van der Waals surface area contributed by atoms with Crippen molar-refractivity contribution in [2.45, 2.75) is 58.5 Å². The highest BCUT2D eigenvalue weighted by molar-refractivity contribution is 5.94. The number of aromatic amines is 1. The van der Waals surface area contributed by atoms with Gasteiger partial charge in [0.15, 0.2) is 0 Å². The van der Waals surface area contributed by atoms with Crippen LogP contribution in [0, 0.1) is 13.8 Å². The first-order valence-corrected chi connectivity index (χ1v) is 10.5. The Bertz CT molecular complexity index is 1080. The van der Waals surface area contributed by atoms with Crippen molar-refractivity contribution in [1.82, 2.24) is 9.88 Å². The fraction of sp³-hybridized carbons (Fsp3) is 0.360. The number of H-pyrrole nitrogens is 1. The van der Waals surface area contributed by atoms with Gasteiger partial charge in [-0.1, -0.05) is 48.6 Å². The van der Waals surface area contributed by atoms with Gasteiger partial charge in [0.25, 0.3) is 11.5 Å². The fourth-order valence-corrected chi connectivity index (χ4v) is 4.29. The molecule has 0 atom stereocenters. The van der Waals surface area contributed by atoms with Crippen molar-refractivity contribution in [1.29, 1.82) is 0 Å². The SMILES string of the molecule is Cc1ccc(C(=O)N(Cc2cc3cc(C)ccc3[nH]c2=O)C2CCCCC2)cc1. The molecular weight excluding hydrogens is 360 g/mol. The number of benzene rings is 2. The first kappa shape index (κ1) is 19.4. The van der Waals surface area contributed by atoms with Gasteiger partial charge in [0.05, 0.1) is 6.54 Å².